The van der Waals surface area contributed by atoms with Crippen LogP contribution < -0.4 is 21.0 Å². The first-order valence-corrected chi connectivity index (χ1v) is 25.1. The Morgan fingerprint density at radius 3 is 1.69 bits per heavy atom. The molecule has 8 heterocycles. The number of thiophene rings is 2. The Morgan fingerprint density at radius 1 is 0.354 bits per heavy atom. The largest absolute Gasteiger partial charge is 0.455 e. The van der Waals surface area contributed by atoms with E-state index in [2.05, 4.69) is 146 Å². The van der Waals surface area contributed by atoms with E-state index in [1.54, 1.807) is 22.7 Å². The van der Waals surface area contributed by atoms with Crippen molar-refractivity contribution in [3.63, 3.8) is 0 Å². The third kappa shape index (κ3) is 5.31. The zero-order valence-corrected chi connectivity index (χ0v) is 37.0. The SMILES string of the molecule is c1ccc([Si](c2ccccc2)(c2nccc3c2oc2ccc(-c4nccc5c4sc4ccccc45)cc23)c2nccc3c2sc2ccc(-c4nccc5c4oc4ccccc45)cc23)cc1. The lowest BCUT2D eigenvalue weighted by Crippen LogP contribution is -2.76. The number of benzene rings is 6. The zero-order valence-electron chi connectivity index (χ0n) is 34.4. The summed E-state index contributed by atoms with van der Waals surface area (Å²) in [5.41, 5.74) is 7.08. The van der Waals surface area contributed by atoms with Crippen molar-refractivity contribution in [2.75, 3.05) is 0 Å². The highest BCUT2D eigenvalue weighted by atomic mass is 32.1. The van der Waals surface area contributed by atoms with Gasteiger partial charge in [0.2, 0.25) is 8.07 Å². The van der Waals surface area contributed by atoms with Crippen LogP contribution in [0.1, 0.15) is 0 Å². The van der Waals surface area contributed by atoms with E-state index in [1.165, 1.54) is 35.2 Å². The third-order valence-electron chi connectivity index (χ3n) is 13.0. The summed E-state index contributed by atoms with van der Waals surface area (Å²) in [7, 11) is -3.36. The fourth-order valence-corrected chi connectivity index (χ4v) is 17.6. The molecular formula is C56H32N4O2S2Si. The van der Waals surface area contributed by atoms with Gasteiger partial charge in [-0.05, 0) is 77.1 Å². The van der Waals surface area contributed by atoms with E-state index in [1.807, 2.05) is 49.1 Å². The lowest BCUT2D eigenvalue weighted by Gasteiger charge is -2.32. The number of aromatic nitrogens is 4. The Balaban J connectivity index is 1.02. The molecule has 8 aromatic heterocycles. The van der Waals surface area contributed by atoms with Crippen LogP contribution in [0.3, 0.4) is 0 Å². The normalized spacial score (nSPS) is 12.3. The van der Waals surface area contributed by atoms with E-state index < -0.39 is 8.07 Å². The van der Waals surface area contributed by atoms with Crippen LogP contribution in [-0.4, -0.2) is 28.0 Å². The second kappa shape index (κ2) is 14.1. The highest BCUT2D eigenvalue weighted by Gasteiger charge is 2.48. The molecule has 9 heteroatoms. The first kappa shape index (κ1) is 36.6. The maximum absolute atomic E-state index is 7.09. The second-order valence-corrected chi connectivity index (χ2v) is 22.2. The van der Waals surface area contributed by atoms with Gasteiger partial charge in [-0.2, -0.15) is 0 Å². The first-order chi connectivity index (χ1) is 32.2. The molecule has 0 radical (unpaired) electrons. The third-order valence-corrected chi connectivity index (χ3v) is 20.2. The van der Waals surface area contributed by atoms with Crippen molar-refractivity contribution in [1.29, 1.82) is 0 Å². The summed E-state index contributed by atoms with van der Waals surface area (Å²) in [6, 6.07) is 60.1. The maximum atomic E-state index is 7.09. The van der Waals surface area contributed by atoms with Crippen LogP contribution in [0.2, 0.25) is 0 Å². The minimum absolute atomic E-state index is 0.777. The van der Waals surface area contributed by atoms with Crippen LogP contribution in [-0.2, 0) is 0 Å². The summed E-state index contributed by atoms with van der Waals surface area (Å²) in [5, 5.41) is 13.2. The van der Waals surface area contributed by atoms with Crippen molar-refractivity contribution in [2.24, 2.45) is 0 Å². The number of hydrogen-bond donors (Lipinski definition) is 0. The van der Waals surface area contributed by atoms with E-state index in [-0.39, 0.29) is 0 Å². The molecule has 0 aliphatic rings. The van der Waals surface area contributed by atoms with Gasteiger partial charge in [0.15, 0.2) is 11.2 Å². The molecule has 0 bridgehead atoms. The standard InChI is InChI=1S/C56H32N4O2S2Si/c1-3-11-35(12-4-1)65(36-13-5-2-6-14-36,55-52-40(24-29-59-55)43-31-34(19-21-46(43)62-52)50-53-41(25-28-58-50)38-16-8-10-18-47(38)63-53)56-54-42(26-30-60-56)44-32-33(20-22-48(44)64-54)49-51-39(23-27-57-49)37-15-7-9-17-45(37)61-51/h1-32H. The maximum Gasteiger partial charge on any atom is 0.230 e. The second-order valence-electron chi connectivity index (χ2n) is 16.4. The van der Waals surface area contributed by atoms with E-state index >= 15 is 0 Å². The molecule has 6 aromatic carbocycles. The highest BCUT2D eigenvalue weighted by Crippen LogP contribution is 2.42. The molecule has 0 saturated heterocycles. The summed E-state index contributed by atoms with van der Waals surface area (Å²) in [4.78, 5) is 20.7. The quantitative estimate of drug-likeness (QED) is 0.155. The van der Waals surface area contributed by atoms with Gasteiger partial charge in [0.05, 0.1) is 25.7 Å². The molecule has 0 fully saturated rings. The molecule has 6 nitrogen and oxygen atoms in total. The van der Waals surface area contributed by atoms with Crippen LogP contribution in [0.5, 0.6) is 0 Å². The van der Waals surface area contributed by atoms with Crippen LogP contribution in [0, 0.1) is 0 Å². The number of pyridine rings is 4. The average Bonchev–Trinajstić information content (AvgIpc) is 4.15. The van der Waals surface area contributed by atoms with Gasteiger partial charge in [0.25, 0.3) is 0 Å². The molecule has 14 aromatic rings. The summed E-state index contributed by atoms with van der Waals surface area (Å²) >= 11 is 3.58. The van der Waals surface area contributed by atoms with Crippen LogP contribution in [0.4, 0.5) is 0 Å². The zero-order chi connectivity index (χ0) is 42.6. The minimum Gasteiger partial charge on any atom is -0.455 e. The van der Waals surface area contributed by atoms with E-state index in [4.69, 9.17) is 28.8 Å². The van der Waals surface area contributed by atoms with Gasteiger partial charge in [0, 0.05) is 88.4 Å². The summed E-state index contributed by atoms with van der Waals surface area (Å²) in [5.74, 6) is 0. The van der Waals surface area contributed by atoms with Crippen molar-refractivity contribution in [1.82, 2.24) is 19.9 Å². The Morgan fingerprint density at radius 2 is 0.892 bits per heavy atom. The van der Waals surface area contributed by atoms with Gasteiger partial charge in [-0.1, -0.05) is 103 Å². The number of hydrogen-bond acceptors (Lipinski definition) is 8. The van der Waals surface area contributed by atoms with Crippen molar-refractivity contribution in [3.8, 4) is 22.5 Å². The summed E-state index contributed by atoms with van der Waals surface area (Å²) in [6.45, 7) is 0. The van der Waals surface area contributed by atoms with Gasteiger partial charge >= 0.3 is 0 Å². The van der Waals surface area contributed by atoms with Crippen molar-refractivity contribution in [3.05, 3.63) is 195 Å². The predicted octanol–water partition coefficient (Wildman–Crippen LogP) is 12.5. The predicted molar refractivity (Wildman–Crippen MR) is 272 cm³/mol. The molecule has 0 atom stereocenters. The van der Waals surface area contributed by atoms with Crippen LogP contribution in [0.25, 0.3) is 107 Å². The van der Waals surface area contributed by atoms with E-state index in [0.717, 1.165) is 92.5 Å². The summed E-state index contributed by atoms with van der Waals surface area (Å²) < 4.78 is 18.3. The number of nitrogens with zero attached hydrogens (tertiary/aromatic N) is 4. The molecule has 0 unspecified atom stereocenters. The van der Waals surface area contributed by atoms with E-state index in [0.29, 0.717) is 0 Å². The minimum atomic E-state index is -3.36. The Kier molecular flexibility index (Phi) is 7.94. The van der Waals surface area contributed by atoms with Gasteiger partial charge in [0.1, 0.15) is 16.9 Å². The molecule has 0 aliphatic carbocycles. The number of para-hydroxylation sites is 1. The molecule has 0 amide bonds. The van der Waals surface area contributed by atoms with Crippen molar-refractivity contribution in [2.45, 2.75) is 0 Å². The van der Waals surface area contributed by atoms with Gasteiger partial charge in [-0.15, -0.1) is 22.7 Å². The molecule has 0 spiro atoms. The summed E-state index contributed by atoms with van der Waals surface area (Å²) in [6.07, 6.45) is 7.75. The molecule has 0 saturated carbocycles. The molecule has 0 N–H and O–H groups in total. The number of furan rings is 2. The topological polar surface area (TPSA) is 77.8 Å². The van der Waals surface area contributed by atoms with Gasteiger partial charge < -0.3 is 8.83 Å². The smallest absolute Gasteiger partial charge is 0.230 e. The molecule has 304 valence electrons. The first-order valence-electron chi connectivity index (χ1n) is 21.5. The van der Waals surface area contributed by atoms with Crippen LogP contribution >= 0.6 is 22.7 Å². The lowest BCUT2D eigenvalue weighted by molar-refractivity contribution is 0.668. The average molecular weight is 885 g/mol. The van der Waals surface area contributed by atoms with Crippen molar-refractivity contribution < 1.29 is 8.83 Å². The van der Waals surface area contributed by atoms with Gasteiger partial charge in [-0.3, -0.25) is 19.9 Å². The molecule has 14 rings (SSSR count). The van der Waals surface area contributed by atoms with Crippen molar-refractivity contribution >= 4 is 136 Å². The Hall–Kier alpha value is -7.82. The highest BCUT2D eigenvalue weighted by molar-refractivity contribution is 7.30. The molecular weight excluding hydrogens is 853 g/mol. The monoisotopic (exact) mass is 884 g/mol. The Labute approximate surface area is 379 Å². The Bertz CT molecular complexity index is 3940. The fourth-order valence-electron chi connectivity index (χ4n) is 10.2. The number of fused-ring (bicyclic) bond motifs is 12. The lowest BCUT2D eigenvalue weighted by atomic mass is 10.1. The van der Waals surface area contributed by atoms with Crippen LogP contribution in [0.15, 0.2) is 203 Å². The molecule has 0 aliphatic heterocycles. The van der Waals surface area contributed by atoms with Gasteiger partial charge in [-0.25, -0.2) is 0 Å². The van der Waals surface area contributed by atoms with E-state index in [9.17, 15) is 0 Å². The fraction of sp³-hybridized carbons (Fsp3) is 0. The number of rotatable bonds is 6. The molecule has 65 heavy (non-hydrogen) atoms.